The van der Waals surface area contributed by atoms with Crippen LogP contribution in [0.2, 0.25) is 5.02 Å². The number of ether oxygens (including phenoxy) is 1. The van der Waals surface area contributed by atoms with Gasteiger partial charge in [-0.1, -0.05) is 17.7 Å². The van der Waals surface area contributed by atoms with Gasteiger partial charge in [0.25, 0.3) is 0 Å². The van der Waals surface area contributed by atoms with Gasteiger partial charge in [-0.25, -0.2) is 22.7 Å². The van der Waals surface area contributed by atoms with Gasteiger partial charge in [0.2, 0.25) is 10.0 Å². The predicted octanol–water partition coefficient (Wildman–Crippen LogP) is 5.28. The first kappa shape index (κ1) is 28.6. The van der Waals surface area contributed by atoms with Crippen molar-refractivity contribution < 1.29 is 31.4 Å². The zero-order valence-corrected chi connectivity index (χ0v) is 22.3. The van der Waals surface area contributed by atoms with E-state index >= 15 is 0 Å². The molecule has 2 N–H and O–H groups in total. The lowest BCUT2D eigenvalue weighted by Gasteiger charge is -2.20. The third kappa shape index (κ3) is 7.18. The van der Waals surface area contributed by atoms with Crippen LogP contribution in [-0.2, 0) is 22.7 Å². The van der Waals surface area contributed by atoms with Gasteiger partial charge >= 0.3 is 6.18 Å². The van der Waals surface area contributed by atoms with Gasteiger partial charge in [0.15, 0.2) is 5.82 Å². The predicted molar refractivity (Wildman–Crippen MR) is 142 cm³/mol. The molecule has 2 aromatic carbocycles. The van der Waals surface area contributed by atoms with Crippen LogP contribution in [0.15, 0.2) is 61.1 Å². The summed E-state index contributed by atoms with van der Waals surface area (Å²) in [6.45, 7) is 0.579. The summed E-state index contributed by atoms with van der Waals surface area (Å²) in [5.74, 6) is 0.597. The van der Waals surface area contributed by atoms with E-state index in [1.807, 2.05) is 4.57 Å². The van der Waals surface area contributed by atoms with Crippen molar-refractivity contribution in [1.29, 1.82) is 0 Å². The van der Waals surface area contributed by atoms with Crippen molar-refractivity contribution in [3.63, 3.8) is 0 Å². The smallest absolute Gasteiger partial charge is 0.416 e. The minimum atomic E-state index is -4.50. The van der Waals surface area contributed by atoms with E-state index in [0.29, 0.717) is 35.5 Å². The molecule has 2 heterocycles. The number of halogens is 4. The SMILES string of the molecule is CS(=O)(=O)N(CCCO)CCn1ccc2ncnc(Nc3ccc(Oc4cccc(C(F)(F)F)c4)c(Cl)c3)c21. The summed E-state index contributed by atoms with van der Waals surface area (Å²) in [5, 5.41) is 12.4. The maximum Gasteiger partial charge on any atom is 0.416 e. The second-order valence-electron chi connectivity index (χ2n) is 8.60. The number of hydrogen-bond acceptors (Lipinski definition) is 7. The summed E-state index contributed by atoms with van der Waals surface area (Å²) in [4.78, 5) is 8.59. The topological polar surface area (TPSA) is 110 Å². The molecule has 0 unspecified atom stereocenters. The molecule has 9 nitrogen and oxygen atoms in total. The molecule has 0 saturated carbocycles. The van der Waals surface area contributed by atoms with E-state index in [2.05, 4.69) is 15.3 Å². The van der Waals surface area contributed by atoms with Crippen LogP contribution in [-0.4, -0.2) is 58.3 Å². The molecular weight excluding hydrogens is 559 g/mol. The van der Waals surface area contributed by atoms with Crippen molar-refractivity contribution in [2.75, 3.05) is 31.3 Å². The van der Waals surface area contributed by atoms with E-state index in [1.54, 1.807) is 24.4 Å². The van der Waals surface area contributed by atoms with Crippen molar-refractivity contribution >= 4 is 44.2 Å². The number of nitrogens with one attached hydrogen (secondary N) is 1. The zero-order valence-electron chi connectivity index (χ0n) is 20.7. The fraction of sp³-hybridized carbons (Fsp3) is 0.280. The monoisotopic (exact) mass is 583 g/mol. The Kier molecular flexibility index (Phi) is 8.64. The van der Waals surface area contributed by atoms with Crippen LogP contribution < -0.4 is 10.1 Å². The van der Waals surface area contributed by atoms with Crippen LogP contribution in [0.3, 0.4) is 0 Å². The first-order valence-corrected chi connectivity index (χ1v) is 14.0. The number of aliphatic hydroxyl groups excluding tert-OH is 1. The average Bonchev–Trinajstić information content (AvgIpc) is 3.29. The number of sulfonamides is 1. The largest absolute Gasteiger partial charge is 0.456 e. The highest BCUT2D eigenvalue weighted by atomic mass is 35.5. The quantitative estimate of drug-likeness (QED) is 0.247. The van der Waals surface area contributed by atoms with Crippen LogP contribution in [0.25, 0.3) is 11.0 Å². The fourth-order valence-corrected chi connectivity index (χ4v) is 4.97. The van der Waals surface area contributed by atoms with Gasteiger partial charge in [-0.2, -0.15) is 13.2 Å². The molecule has 0 aliphatic rings. The fourth-order valence-electron chi connectivity index (χ4n) is 3.88. The molecule has 4 aromatic rings. The highest BCUT2D eigenvalue weighted by Gasteiger charge is 2.30. The Hall–Kier alpha value is -3.39. The van der Waals surface area contributed by atoms with Gasteiger partial charge in [-0.3, -0.25) is 0 Å². The van der Waals surface area contributed by atoms with Gasteiger partial charge in [-0.05, 0) is 48.9 Å². The minimum Gasteiger partial charge on any atom is -0.456 e. The Morgan fingerprint density at radius 3 is 2.62 bits per heavy atom. The third-order valence-electron chi connectivity index (χ3n) is 5.76. The molecule has 4 rings (SSSR count). The van der Waals surface area contributed by atoms with Crippen molar-refractivity contribution in [1.82, 2.24) is 18.8 Å². The Balaban J connectivity index is 1.53. The number of hydrogen-bond donors (Lipinski definition) is 2. The summed E-state index contributed by atoms with van der Waals surface area (Å²) in [7, 11) is -3.46. The molecule has 0 bridgehead atoms. The zero-order chi connectivity index (χ0) is 28.2. The highest BCUT2D eigenvalue weighted by Crippen LogP contribution is 2.36. The Bertz CT molecular complexity index is 1560. The Labute approximate surface area is 227 Å². The maximum atomic E-state index is 13.0. The number of anilines is 2. The van der Waals surface area contributed by atoms with Crippen LogP contribution in [0, 0.1) is 0 Å². The second-order valence-corrected chi connectivity index (χ2v) is 11.0. The van der Waals surface area contributed by atoms with Crippen LogP contribution in [0.5, 0.6) is 11.5 Å². The van der Waals surface area contributed by atoms with E-state index in [9.17, 15) is 21.6 Å². The second kappa shape index (κ2) is 11.8. The number of alkyl halides is 3. The van der Waals surface area contributed by atoms with Crippen LogP contribution in [0.4, 0.5) is 24.7 Å². The lowest BCUT2D eigenvalue weighted by Crippen LogP contribution is -2.34. The minimum absolute atomic E-state index is 0.00936. The van der Waals surface area contributed by atoms with E-state index in [4.69, 9.17) is 21.4 Å². The van der Waals surface area contributed by atoms with Crippen molar-refractivity contribution in [2.24, 2.45) is 0 Å². The van der Waals surface area contributed by atoms with E-state index in [1.165, 1.54) is 28.8 Å². The standard InChI is InChI=1S/C25H25ClF3N5O4S/c1-39(36,37)34(9-3-13-35)12-11-33-10-8-21-23(33)24(31-16-30-21)32-18-6-7-22(20(26)15-18)38-19-5-2-4-17(14-19)25(27,28)29/h2,4-8,10,14-16,35H,3,9,11-13H2,1H3,(H,30,31,32). The number of benzene rings is 2. The van der Waals surface area contributed by atoms with Gasteiger partial charge < -0.3 is 19.7 Å². The molecular formula is C25H25ClF3N5O4S. The summed E-state index contributed by atoms with van der Waals surface area (Å²) in [6.07, 6.45) is 0.101. The Morgan fingerprint density at radius 1 is 1.13 bits per heavy atom. The maximum absolute atomic E-state index is 13.0. The molecule has 0 spiro atoms. The van der Waals surface area contributed by atoms with Crippen LogP contribution >= 0.6 is 11.6 Å². The molecule has 14 heteroatoms. The summed E-state index contributed by atoms with van der Waals surface area (Å²) >= 11 is 6.37. The Morgan fingerprint density at radius 2 is 1.92 bits per heavy atom. The molecule has 0 amide bonds. The van der Waals surface area contributed by atoms with Crippen molar-refractivity contribution in [3.05, 3.63) is 71.6 Å². The first-order valence-electron chi connectivity index (χ1n) is 11.7. The summed E-state index contributed by atoms with van der Waals surface area (Å²) in [5.41, 5.74) is 0.959. The van der Waals surface area contributed by atoms with E-state index in [-0.39, 0.29) is 36.2 Å². The van der Waals surface area contributed by atoms with Crippen LogP contribution in [0.1, 0.15) is 12.0 Å². The molecule has 208 valence electrons. The lowest BCUT2D eigenvalue weighted by molar-refractivity contribution is -0.137. The summed E-state index contributed by atoms with van der Waals surface area (Å²) < 4.78 is 72.0. The third-order valence-corrected chi connectivity index (χ3v) is 7.36. The lowest BCUT2D eigenvalue weighted by atomic mass is 10.2. The normalized spacial score (nSPS) is 12.3. The molecule has 0 radical (unpaired) electrons. The molecule has 2 aromatic heterocycles. The number of aliphatic hydroxyl groups is 1. The molecule has 0 saturated heterocycles. The molecule has 0 fully saturated rings. The highest BCUT2D eigenvalue weighted by molar-refractivity contribution is 7.88. The number of rotatable bonds is 11. The molecule has 0 atom stereocenters. The van der Waals surface area contributed by atoms with Crippen molar-refractivity contribution in [3.8, 4) is 11.5 Å². The first-order chi connectivity index (χ1) is 18.5. The number of fused-ring (bicyclic) bond motifs is 1. The van der Waals surface area contributed by atoms with Gasteiger partial charge in [0, 0.05) is 38.1 Å². The summed E-state index contributed by atoms with van der Waals surface area (Å²) in [6, 6.07) is 11.0. The molecule has 0 aliphatic heterocycles. The van der Waals surface area contributed by atoms with Crippen molar-refractivity contribution in [2.45, 2.75) is 19.1 Å². The average molecular weight is 584 g/mol. The molecule has 0 aliphatic carbocycles. The van der Waals surface area contributed by atoms with Gasteiger partial charge in [0.05, 0.1) is 22.4 Å². The number of aromatic nitrogens is 3. The molecule has 39 heavy (non-hydrogen) atoms. The number of nitrogens with zero attached hydrogens (tertiary/aromatic N) is 4. The van der Waals surface area contributed by atoms with E-state index < -0.39 is 21.8 Å². The van der Waals surface area contributed by atoms with E-state index in [0.717, 1.165) is 18.4 Å². The van der Waals surface area contributed by atoms with Gasteiger partial charge in [-0.15, -0.1) is 0 Å². The van der Waals surface area contributed by atoms with Gasteiger partial charge in [0.1, 0.15) is 23.3 Å².